The van der Waals surface area contributed by atoms with Crippen LogP contribution < -0.4 is 4.74 Å². The van der Waals surface area contributed by atoms with E-state index in [4.69, 9.17) is 9.72 Å². The van der Waals surface area contributed by atoms with E-state index in [0.717, 1.165) is 34.0 Å². The quantitative estimate of drug-likeness (QED) is 0.199. The Labute approximate surface area is 228 Å². The zero-order valence-electron chi connectivity index (χ0n) is 21.4. The van der Waals surface area contributed by atoms with Gasteiger partial charge in [-0.3, -0.25) is 4.79 Å². The van der Waals surface area contributed by atoms with Gasteiger partial charge in [0.2, 0.25) is 5.88 Å². The number of hydrogen-bond acceptors (Lipinski definition) is 5. The fourth-order valence-electron chi connectivity index (χ4n) is 4.51. The van der Waals surface area contributed by atoms with Crippen molar-refractivity contribution in [2.45, 2.75) is 33.2 Å². The second-order valence-corrected chi connectivity index (χ2v) is 10.1. The highest BCUT2D eigenvalue weighted by atomic mass is 79.9. The van der Waals surface area contributed by atoms with Gasteiger partial charge in [-0.15, -0.1) is 10.2 Å². The van der Waals surface area contributed by atoms with Gasteiger partial charge in [0.25, 0.3) is 5.91 Å². The van der Waals surface area contributed by atoms with Gasteiger partial charge in [-0.05, 0) is 61.9 Å². The standard InChI is InChI=1S/C30H27BrN4O3/c1-4-5-14-35-27-13-11-21(38-3)16-24(27)28(30(35)37)33-34-29(36)23-17-26(19-7-9-20(31)10-8-19)32-25-12-6-18(2)15-22(23)25/h6-13,15-17,37H,4-5,14H2,1-3H3. The fourth-order valence-corrected chi connectivity index (χ4v) is 4.77. The maximum atomic E-state index is 13.5. The Morgan fingerprint density at radius 3 is 2.58 bits per heavy atom. The third kappa shape index (κ3) is 4.91. The topological polar surface area (TPSA) is 89.1 Å². The summed E-state index contributed by atoms with van der Waals surface area (Å²) in [7, 11) is 1.58. The molecule has 3 aromatic carbocycles. The van der Waals surface area contributed by atoms with Crippen molar-refractivity contribution in [3.8, 4) is 22.9 Å². The van der Waals surface area contributed by atoms with E-state index in [0.29, 0.717) is 39.8 Å². The molecule has 5 rings (SSSR count). The molecule has 0 radical (unpaired) electrons. The molecule has 1 amide bonds. The number of hydrogen-bond donors (Lipinski definition) is 1. The Balaban J connectivity index is 1.61. The zero-order chi connectivity index (χ0) is 26.8. The van der Waals surface area contributed by atoms with Crippen LogP contribution in [0.5, 0.6) is 11.6 Å². The fraction of sp³-hybridized carbons (Fsp3) is 0.200. The molecule has 0 saturated carbocycles. The molecule has 7 nitrogen and oxygen atoms in total. The Hall–Kier alpha value is -4.04. The highest BCUT2D eigenvalue weighted by molar-refractivity contribution is 9.10. The average molecular weight is 571 g/mol. The van der Waals surface area contributed by atoms with Crippen molar-refractivity contribution in [2.75, 3.05) is 7.11 Å². The Morgan fingerprint density at radius 2 is 1.84 bits per heavy atom. The molecule has 0 spiro atoms. The number of halogens is 1. The molecule has 0 aliphatic heterocycles. The number of carbonyl (C=O) groups is 1. The van der Waals surface area contributed by atoms with Gasteiger partial charge in [0.05, 0.1) is 29.4 Å². The number of nitrogens with zero attached hydrogens (tertiary/aromatic N) is 4. The van der Waals surface area contributed by atoms with Crippen molar-refractivity contribution in [3.05, 3.63) is 82.3 Å². The van der Waals surface area contributed by atoms with E-state index in [9.17, 15) is 9.90 Å². The highest BCUT2D eigenvalue weighted by Crippen LogP contribution is 2.41. The van der Waals surface area contributed by atoms with Crippen LogP contribution in [0.3, 0.4) is 0 Å². The van der Waals surface area contributed by atoms with Crippen molar-refractivity contribution in [1.29, 1.82) is 0 Å². The van der Waals surface area contributed by atoms with Crippen molar-refractivity contribution >= 4 is 49.3 Å². The van der Waals surface area contributed by atoms with Crippen LogP contribution in [0.1, 0.15) is 35.7 Å². The molecule has 0 fully saturated rings. The van der Waals surface area contributed by atoms with Crippen molar-refractivity contribution in [1.82, 2.24) is 9.55 Å². The van der Waals surface area contributed by atoms with Crippen molar-refractivity contribution in [3.63, 3.8) is 0 Å². The summed E-state index contributed by atoms with van der Waals surface area (Å²) in [5.74, 6) is 0.0880. The van der Waals surface area contributed by atoms with Crippen LogP contribution in [0.25, 0.3) is 33.1 Å². The number of aryl methyl sites for hydroxylation is 2. The van der Waals surface area contributed by atoms with E-state index in [-0.39, 0.29) is 11.6 Å². The lowest BCUT2D eigenvalue weighted by molar-refractivity contribution is 0.0996. The summed E-state index contributed by atoms with van der Waals surface area (Å²) in [5, 5.41) is 20.8. The van der Waals surface area contributed by atoms with Gasteiger partial charge >= 0.3 is 0 Å². The molecule has 192 valence electrons. The number of azo groups is 1. The van der Waals surface area contributed by atoms with E-state index in [1.54, 1.807) is 23.8 Å². The largest absolute Gasteiger partial charge is 0.497 e. The van der Waals surface area contributed by atoms with Crippen LogP contribution >= 0.6 is 15.9 Å². The van der Waals surface area contributed by atoms with Crippen LogP contribution in [0.2, 0.25) is 0 Å². The minimum atomic E-state index is -0.516. The molecule has 2 heterocycles. The first-order chi connectivity index (χ1) is 18.4. The van der Waals surface area contributed by atoms with E-state index in [2.05, 4.69) is 33.1 Å². The smallest absolute Gasteiger partial charge is 0.296 e. The summed E-state index contributed by atoms with van der Waals surface area (Å²) in [6, 6.07) is 20.8. The van der Waals surface area contributed by atoms with E-state index >= 15 is 0 Å². The molecule has 0 atom stereocenters. The summed E-state index contributed by atoms with van der Waals surface area (Å²) in [5.41, 5.74) is 4.68. The van der Waals surface area contributed by atoms with Gasteiger partial charge in [-0.1, -0.05) is 53.0 Å². The van der Waals surface area contributed by atoms with Crippen LogP contribution in [-0.4, -0.2) is 27.7 Å². The zero-order valence-corrected chi connectivity index (χ0v) is 23.0. The monoisotopic (exact) mass is 570 g/mol. The molecular weight excluding hydrogens is 544 g/mol. The van der Waals surface area contributed by atoms with E-state index in [1.165, 1.54) is 0 Å². The minimum absolute atomic E-state index is 0.0239. The number of rotatable bonds is 7. The number of ether oxygens (including phenoxy) is 1. The SMILES string of the molecule is CCCCn1c(O)c(N=NC(=O)c2cc(-c3ccc(Br)cc3)nc3ccc(C)cc23)c2cc(OC)ccc21. The number of methoxy groups -OCH3 is 1. The van der Waals surface area contributed by atoms with E-state index < -0.39 is 5.91 Å². The summed E-state index contributed by atoms with van der Waals surface area (Å²) >= 11 is 3.46. The van der Waals surface area contributed by atoms with Crippen LogP contribution in [0.4, 0.5) is 5.69 Å². The number of benzene rings is 3. The number of aromatic nitrogens is 2. The Kier molecular flexibility index (Phi) is 7.24. The molecule has 5 aromatic rings. The minimum Gasteiger partial charge on any atom is -0.497 e. The molecule has 1 N–H and O–H groups in total. The first-order valence-electron chi connectivity index (χ1n) is 12.4. The second-order valence-electron chi connectivity index (χ2n) is 9.15. The summed E-state index contributed by atoms with van der Waals surface area (Å²) in [4.78, 5) is 18.3. The molecular formula is C30H27BrN4O3. The molecule has 0 aliphatic rings. The van der Waals surface area contributed by atoms with Gasteiger partial charge in [-0.2, -0.15) is 0 Å². The molecule has 0 saturated heterocycles. The molecule has 38 heavy (non-hydrogen) atoms. The van der Waals surface area contributed by atoms with Crippen LogP contribution in [0.15, 0.2) is 81.4 Å². The second kappa shape index (κ2) is 10.8. The van der Waals surface area contributed by atoms with Gasteiger partial charge in [0, 0.05) is 27.4 Å². The van der Waals surface area contributed by atoms with E-state index in [1.807, 2.05) is 61.5 Å². The summed E-state index contributed by atoms with van der Waals surface area (Å²) in [6.07, 6.45) is 1.86. The lowest BCUT2D eigenvalue weighted by atomic mass is 10.0. The third-order valence-corrected chi connectivity index (χ3v) is 7.06. The highest BCUT2D eigenvalue weighted by Gasteiger charge is 2.19. The van der Waals surface area contributed by atoms with Gasteiger partial charge < -0.3 is 14.4 Å². The molecule has 0 bridgehead atoms. The Morgan fingerprint density at radius 1 is 1.05 bits per heavy atom. The van der Waals surface area contributed by atoms with Crippen molar-refractivity contribution in [2.24, 2.45) is 10.2 Å². The summed E-state index contributed by atoms with van der Waals surface area (Å²) in [6.45, 7) is 4.68. The number of unbranched alkanes of at least 4 members (excludes halogenated alkanes) is 1. The van der Waals surface area contributed by atoms with Crippen LogP contribution in [-0.2, 0) is 6.54 Å². The van der Waals surface area contributed by atoms with Gasteiger partial charge in [0.15, 0.2) is 5.69 Å². The predicted octanol–water partition coefficient (Wildman–Crippen LogP) is 8.37. The van der Waals surface area contributed by atoms with Gasteiger partial charge in [-0.25, -0.2) is 4.98 Å². The van der Waals surface area contributed by atoms with Gasteiger partial charge in [0.1, 0.15) is 5.75 Å². The molecule has 8 heteroatoms. The lowest BCUT2D eigenvalue weighted by Crippen LogP contribution is -1.99. The first kappa shape index (κ1) is 25.6. The lowest BCUT2D eigenvalue weighted by Gasteiger charge is -2.08. The number of pyridine rings is 1. The number of amides is 1. The normalized spacial score (nSPS) is 11.6. The number of fused-ring (bicyclic) bond motifs is 2. The molecule has 0 unspecified atom stereocenters. The molecule has 0 aliphatic carbocycles. The average Bonchev–Trinajstić information content (AvgIpc) is 3.19. The maximum Gasteiger partial charge on any atom is 0.296 e. The maximum absolute atomic E-state index is 13.5. The third-order valence-electron chi connectivity index (χ3n) is 6.53. The summed E-state index contributed by atoms with van der Waals surface area (Å²) < 4.78 is 8.14. The number of aromatic hydroxyl groups is 1. The first-order valence-corrected chi connectivity index (χ1v) is 13.2. The van der Waals surface area contributed by atoms with Crippen LogP contribution in [0, 0.1) is 6.92 Å². The van der Waals surface area contributed by atoms with Crippen molar-refractivity contribution < 1.29 is 14.6 Å². The Bertz CT molecular complexity index is 1690. The number of carbonyl (C=O) groups excluding carboxylic acids is 1. The molecule has 2 aromatic heterocycles. The predicted molar refractivity (Wildman–Crippen MR) is 154 cm³/mol.